The van der Waals surface area contributed by atoms with Gasteiger partial charge in [0.1, 0.15) is 12.6 Å². The van der Waals surface area contributed by atoms with Crippen LogP contribution in [0.3, 0.4) is 0 Å². The lowest BCUT2D eigenvalue weighted by Crippen LogP contribution is -2.47. The minimum Gasteiger partial charge on any atom is -0.481 e. The first kappa shape index (κ1) is 19.0. The average Bonchev–Trinajstić information content (AvgIpc) is 2.65. The quantitative estimate of drug-likeness (QED) is 0.672. The third kappa shape index (κ3) is 6.64. The summed E-state index contributed by atoms with van der Waals surface area (Å²) in [4.78, 5) is 35.1. The van der Waals surface area contributed by atoms with Crippen molar-refractivity contribution < 1.29 is 24.2 Å². The number of carbonyl (C=O) groups is 3. The Labute approximate surface area is 151 Å². The Hall–Kier alpha value is -3.35. The fraction of sp³-hybridized carbons (Fsp3) is 0.211. The Morgan fingerprint density at radius 3 is 2.08 bits per heavy atom. The second kappa shape index (κ2) is 9.83. The highest BCUT2D eigenvalue weighted by Gasteiger charge is 2.24. The van der Waals surface area contributed by atoms with Crippen molar-refractivity contribution in [2.75, 3.05) is 0 Å². The number of alkyl carbamates (subject to hydrolysis) is 1. The van der Waals surface area contributed by atoms with Crippen molar-refractivity contribution in [3.05, 3.63) is 71.8 Å². The molecule has 0 saturated heterocycles. The van der Waals surface area contributed by atoms with Crippen molar-refractivity contribution in [2.24, 2.45) is 0 Å². The van der Waals surface area contributed by atoms with E-state index in [1.54, 1.807) is 24.3 Å². The van der Waals surface area contributed by atoms with Crippen molar-refractivity contribution in [3.8, 4) is 0 Å². The highest BCUT2D eigenvalue weighted by atomic mass is 16.5. The van der Waals surface area contributed by atoms with Crippen molar-refractivity contribution in [1.82, 2.24) is 10.6 Å². The number of aliphatic carboxylic acids is 1. The van der Waals surface area contributed by atoms with Crippen LogP contribution in [0.2, 0.25) is 0 Å². The van der Waals surface area contributed by atoms with E-state index >= 15 is 0 Å². The Morgan fingerprint density at radius 1 is 0.923 bits per heavy atom. The Morgan fingerprint density at radius 2 is 1.50 bits per heavy atom. The van der Waals surface area contributed by atoms with Gasteiger partial charge in [-0.1, -0.05) is 60.7 Å². The van der Waals surface area contributed by atoms with Crippen molar-refractivity contribution in [1.29, 1.82) is 0 Å². The van der Waals surface area contributed by atoms with Crippen LogP contribution in [0.1, 0.15) is 17.5 Å². The molecule has 2 aromatic rings. The molecule has 2 rings (SSSR count). The number of benzene rings is 2. The lowest BCUT2D eigenvalue weighted by molar-refractivity contribution is -0.139. The number of nitrogens with one attached hydrogen (secondary N) is 2. The number of rotatable bonds is 8. The van der Waals surface area contributed by atoms with Gasteiger partial charge in [-0.15, -0.1) is 0 Å². The minimum atomic E-state index is -1.22. The number of hydrogen-bond acceptors (Lipinski definition) is 4. The fourth-order valence-electron chi connectivity index (χ4n) is 2.20. The summed E-state index contributed by atoms with van der Waals surface area (Å²) in [6.45, 7) is 0.259. The maximum Gasteiger partial charge on any atom is 0.408 e. The van der Waals surface area contributed by atoms with E-state index < -0.39 is 30.4 Å². The number of hydrogen-bond donors (Lipinski definition) is 3. The van der Waals surface area contributed by atoms with Gasteiger partial charge in [-0.2, -0.15) is 0 Å². The van der Waals surface area contributed by atoms with Crippen molar-refractivity contribution >= 4 is 18.0 Å². The van der Waals surface area contributed by atoms with E-state index in [0.29, 0.717) is 0 Å². The summed E-state index contributed by atoms with van der Waals surface area (Å²) in [5.74, 6) is -1.79. The maximum atomic E-state index is 12.2. The monoisotopic (exact) mass is 356 g/mol. The van der Waals surface area contributed by atoms with Crippen LogP contribution in [0.25, 0.3) is 0 Å². The zero-order valence-electron chi connectivity index (χ0n) is 14.1. The highest BCUT2D eigenvalue weighted by Crippen LogP contribution is 2.02. The van der Waals surface area contributed by atoms with Gasteiger partial charge in [-0.25, -0.2) is 4.79 Å². The number of amides is 2. The summed E-state index contributed by atoms with van der Waals surface area (Å²) < 4.78 is 5.03. The van der Waals surface area contributed by atoms with Gasteiger partial charge in [0, 0.05) is 6.54 Å². The van der Waals surface area contributed by atoms with E-state index in [9.17, 15) is 14.4 Å². The van der Waals surface area contributed by atoms with Gasteiger partial charge < -0.3 is 20.5 Å². The zero-order valence-corrected chi connectivity index (χ0v) is 14.1. The summed E-state index contributed by atoms with van der Waals surface area (Å²) in [6, 6.07) is 17.0. The van der Waals surface area contributed by atoms with Crippen LogP contribution >= 0.6 is 0 Å². The molecule has 1 atom stereocenters. The first-order valence-corrected chi connectivity index (χ1v) is 8.05. The molecule has 0 heterocycles. The van der Waals surface area contributed by atoms with Crippen LogP contribution in [0.5, 0.6) is 0 Å². The van der Waals surface area contributed by atoms with Gasteiger partial charge in [0.15, 0.2) is 0 Å². The van der Waals surface area contributed by atoms with Crippen LogP contribution in [0, 0.1) is 0 Å². The lowest BCUT2D eigenvalue weighted by Gasteiger charge is -2.17. The smallest absolute Gasteiger partial charge is 0.408 e. The lowest BCUT2D eigenvalue weighted by atomic mass is 10.1. The molecule has 0 aromatic heterocycles. The maximum absolute atomic E-state index is 12.2. The fourth-order valence-corrected chi connectivity index (χ4v) is 2.20. The summed E-state index contributed by atoms with van der Waals surface area (Å²) in [6.07, 6.45) is -1.39. The van der Waals surface area contributed by atoms with Gasteiger partial charge >= 0.3 is 12.1 Å². The van der Waals surface area contributed by atoms with Crippen molar-refractivity contribution in [3.63, 3.8) is 0 Å². The second-order valence-electron chi connectivity index (χ2n) is 5.56. The molecule has 0 spiro atoms. The first-order valence-electron chi connectivity index (χ1n) is 8.05. The zero-order chi connectivity index (χ0) is 18.8. The van der Waals surface area contributed by atoms with Crippen LogP contribution < -0.4 is 10.6 Å². The Bertz CT molecular complexity index is 734. The van der Waals surface area contributed by atoms with Gasteiger partial charge in [0.25, 0.3) is 0 Å². The molecule has 2 amide bonds. The topological polar surface area (TPSA) is 105 Å². The number of carbonyl (C=O) groups excluding carboxylic acids is 2. The van der Waals surface area contributed by atoms with E-state index in [-0.39, 0.29) is 13.2 Å². The van der Waals surface area contributed by atoms with Gasteiger partial charge in [0.2, 0.25) is 5.91 Å². The third-order valence-corrected chi connectivity index (χ3v) is 3.51. The van der Waals surface area contributed by atoms with E-state index in [4.69, 9.17) is 9.84 Å². The number of carboxylic acid groups (broad SMARTS) is 1. The Balaban J connectivity index is 1.87. The van der Waals surface area contributed by atoms with E-state index in [2.05, 4.69) is 10.6 Å². The molecular weight excluding hydrogens is 336 g/mol. The molecule has 7 heteroatoms. The standard InChI is InChI=1S/C19H20N2O5/c22-17(23)11-16(18(24)20-12-14-7-3-1-4-8-14)21-19(25)26-13-15-9-5-2-6-10-15/h1-10,16H,11-13H2,(H,20,24)(H,21,25)(H,22,23)/t16-/m0/s1. The van der Waals surface area contributed by atoms with Crippen LogP contribution in [0.15, 0.2) is 60.7 Å². The molecule has 0 saturated carbocycles. The highest BCUT2D eigenvalue weighted by molar-refractivity contribution is 5.89. The molecule has 0 bridgehead atoms. The molecule has 26 heavy (non-hydrogen) atoms. The van der Waals surface area contributed by atoms with Gasteiger partial charge in [0.05, 0.1) is 6.42 Å². The van der Waals surface area contributed by atoms with Crippen LogP contribution in [-0.2, 0) is 27.5 Å². The van der Waals surface area contributed by atoms with E-state index in [1.165, 1.54) is 0 Å². The summed E-state index contributed by atoms with van der Waals surface area (Å²) in [7, 11) is 0. The molecule has 136 valence electrons. The van der Waals surface area contributed by atoms with Crippen LogP contribution in [0.4, 0.5) is 4.79 Å². The minimum absolute atomic E-state index is 0.0259. The van der Waals surface area contributed by atoms with Gasteiger partial charge in [-0.3, -0.25) is 9.59 Å². The normalized spacial score (nSPS) is 11.2. The van der Waals surface area contributed by atoms with E-state index in [0.717, 1.165) is 11.1 Å². The number of ether oxygens (including phenoxy) is 1. The summed E-state index contributed by atoms with van der Waals surface area (Å²) >= 11 is 0. The first-order chi connectivity index (χ1) is 12.5. The van der Waals surface area contributed by atoms with Crippen LogP contribution in [-0.4, -0.2) is 29.1 Å². The largest absolute Gasteiger partial charge is 0.481 e. The molecule has 3 N–H and O–H groups in total. The molecular formula is C19H20N2O5. The predicted molar refractivity (Wildman–Crippen MR) is 94.1 cm³/mol. The second-order valence-corrected chi connectivity index (χ2v) is 5.56. The van der Waals surface area contributed by atoms with E-state index in [1.807, 2.05) is 36.4 Å². The molecule has 7 nitrogen and oxygen atoms in total. The Kier molecular flexibility index (Phi) is 7.17. The SMILES string of the molecule is O=C(O)C[C@H](NC(=O)OCc1ccccc1)C(=O)NCc1ccccc1. The molecule has 0 aliphatic carbocycles. The van der Waals surface area contributed by atoms with Gasteiger partial charge in [-0.05, 0) is 11.1 Å². The summed E-state index contributed by atoms with van der Waals surface area (Å²) in [5.41, 5.74) is 1.65. The molecule has 2 aromatic carbocycles. The molecule has 0 aliphatic rings. The average molecular weight is 356 g/mol. The third-order valence-electron chi connectivity index (χ3n) is 3.51. The van der Waals surface area contributed by atoms with Crippen molar-refractivity contribution in [2.45, 2.75) is 25.6 Å². The predicted octanol–water partition coefficient (Wildman–Crippen LogP) is 2.07. The molecule has 0 radical (unpaired) electrons. The molecule has 0 aliphatic heterocycles. The number of carboxylic acids is 1. The summed E-state index contributed by atoms with van der Waals surface area (Å²) in [5, 5.41) is 13.9. The molecule has 0 unspecified atom stereocenters. The molecule has 0 fully saturated rings.